The van der Waals surface area contributed by atoms with Crippen LogP contribution in [0, 0.1) is 0 Å². The lowest BCUT2D eigenvalue weighted by molar-refractivity contribution is 0.118. The number of hydrogen-bond donors (Lipinski definition) is 1. The minimum Gasteiger partial charge on any atom is -0.392 e. The van der Waals surface area contributed by atoms with Crippen molar-refractivity contribution >= 4 is 50.9 Å². The van der Waals surface area contributed by atoms with Crippen molar-refractivity contribution in [1.29, 1.82) is 0 Å². The molecule has 0 spiro atoms. The van der Waals surface area contributed by atoms with Gasteiger partial charge in [0.25, 0.3) is 0 Å². The maximum atomic E-state index is 13.2. The summed E-state index contributed by atoms with van der Waals surface area (Å²) in [5.74, 6) is 0. The molecule has 0 radical (unpaired) electrons. The van der Waals surface area contributed by atoms with Crippen molar-refractivity contribution in [3.63, 3.8) is 0 Å². The van der Waals surface area contributed by atoms with Gasteiger partial charge in [0.15, 0.2) is 0 Å². The molecular weight excluding hydrogens is 462 g/mol. The van der Waals surface area contributed by atoms with Crippen LogP contribution in [0.3, 0.4) is 0 Å². The van der Waals surface area contributed by atoms with E-state index in [0.29, 0.717) is 24.7 Å². The van der Waals surface area contributed by atoms with Crippen LogP contribution in [0.5, 0.6) is 0 Å². The Morgan fingerprint density at radius 3 is 2.04 bits per heavy atom. The molecule has 0 amide bonds. The summed E-state index contributed by atoms with van der Waals surface area (Å²) < 4.78 is 18.7. The molecule has 1 aliphatic rings. The van der Waals surface area contributed by atoms with E-state index in [1.807, 2.05) is 24.3 Å². The molecule has 2 aromatic rings. The smallest absolute Gasteiger partial charge is 0.123 e. The van der Waals surface area contributed by atoms with E-state index >= 15 is 0 Å². The number of halogens is 4. The average Bonchev–Trinajstić information content (AvgIpc) is 2.96. The quantitative estimate of drug-likeness (QED) is 0.511. The molecule has 0 aromatic heterocycles. The van der Waals surface area contributed by atoms with Crippen molar-refractivity contribution in [2.75, 3.05) is 6.61 Å². The molecule has 0 aliphatic carbocycles. The monoisotopic (exact) mass is 480 g/mol. The van der Waals surface area contributed by atoms with Crippen LogP contribution in [0.2, 0.25) is 10.0 Å². The Bertz CT molecular complexity index is 648. The Morgan fingerprint density at radius 1 is 1.04 bits per heavy atom. The molecule has 1 N–H and O–H groups in total. The largest absolute Gasteiger partial charge is 0.392 e. The molecule has 1 fully saturated rings. The first-order valence-corrected chi connectivity index (χ1v) is 10.7. The molecule has 2 aromatic carbocycles. The highest BCUT2D eigenvalue weighted by atomic mass is 79.9. The van der Waals surface area contributed by atoms with Crippen molar-refractivity contribution in [1.82, 2.24) is 0 Å². The fourth-order valence-electron chi connectivity index (χ4n) is 2.27. The van der Waals surface area contributed by atoms with Crippen LogP contribution in [-0.2, 0) is 18.0 Å². The summed E-state index contributed by atoms with van der Waals surface area (Å²) in [6.45, 7) is 1.23. The number of hydrogen-bond acceptors (Lipinski definition) is 3. The van der Waals surface area contributed by atoms with E-state index in [0.717, 1.165) is 16.1 Å². The van der Waals surface area contributed by atoms with Gasteiger partial charge >= 0.3 is 0 Å². The van der Waals surface area contributed by atoms with Gasteiger partial charge in [0.2, 0.25) is 0 Å². The molecule has 26 heavy (non-hydrogen) atoms. The standard InChI is InChI=1S/C12H13BrClFOS.C7H7ClO/c13-12-11(15)5-10(17-12)7-16-6-8-1-3-9(14)4-2-8;8-7-3-1-6(5-9)2-4-7/h1-4,10-12H,5-7H2;1-4,9H,5H2. The van der Waals surface area contributed by atoms with Gasteiger partial charge in [0.05, 0.1) is 24.0 Å². The fraction of sp³-hybridized carbons (Fsp3) is 0.368. The summed E-state index contributed by atoms with van der Waals surface area (Å²) in [7, 11) is 0. The molecular formula is C19H20BrCl2FO2S. The lowest BCUT2D eigenvalue weighted by atomic mass is 10.2. The summed E-state index contributed by atoms with van der Waals surface area (Å²) in [5, 5.41) is 10.3. The number of aliphatic hydroxyl groups excluding tert-OH is 1. The van der Waals surface area contributed by atoms with E-state index in [2.05, 4.69) is 15.9 Å². The van der Waals surface area contributed by atoms with Crippen LogP contribution >= 0.6 is 50.9 Å². The molecule has 1 saturated heterocycles. The van der Waals surface area contributed by atoms with Gasteiger partial charge in [0.1, 0.15) is 6.17 Å². The number of alkyl halides is 2. The zero-order valence-corrected chi connectivity index (χ0v) is 17.9. The predicted molar refractivity (Wildman–Crippen MR) is 112 cm³/mol. The van der Waals surface area contributed by atoms with Crippen LogP contribution in [-0.4, -0.2) is 27.3 Å². The van der Waals surface area contributed by atoms with Crippen LogP contribution in [0.4, 0.5) is 4.39 Å². The minimum atomic E-state index is -0.760. The molecule has 3 atom stereocenters. The molecule has 3 rings (SSSR count). The lowest BCUT2D eigenvalue weighted by Crippen LogP contribution is -2.10. The van der Waals surface area contributed by atoms with Gasteiger partial charge in [-0.1, -0.05) is 63.4 Å². The number of rotatable bonds is 5. The Kier molecular flexibility index (Phi) is 9.75. The predicted octanol–water partition coefficient (Wildman–Crippen LogP) is 6.25. The van der Waals surface area contributed by atoms with E-state index in [9.17, 15) is 4.39 Å². The normalized spacial score (nSPS) is 22.0. The maximum absolute atomic E-state index is 13.2. The van der Waals surface area contributed by atoms with Gasteiger partial charge < -0.3 is 9.84 Å². The van der Waals surface area contributed by atoms with Gasteiger partial charge in [0, 0.05) is 15.3 Å². The maximum Gasteiger partial charge on any atom is 0.123 e. The molecule has 1 aliphatic heterocycles. The highest BCUT2D eigenvalue weighted by Gasteiger charge is 2.33. The minimum absolute atomic E-state index is 0.0772. The van der Waals surface area contributed by atoms with Crippen LogP contribution in [0.25, 0.3) is 0 Å². The van der Waals surface area contributed by atoms with Crippen molar-refractivity contribution in [2.24, 2.45) is 0 Å². The first-order chi connectivity index (χ1) is 12.5. The highest BCUT2D eigenvalue weighted by molar-refractivity contribution is 9.11. The first kappa shape index (κ1) is 22.0. The van der Waals surface area contributed by atoms with Crippen molar-refractivity contribution in [3.8, 4) is 0 Å². The zero-order valence-electron chi connectivity index (χ0n) is 14.0. The molecule has 2 nitrogen and oxygen atoms in total. The van der Waals surface area contributed by atoms with E-state index < -0.39 is 6.17 Å². The molecule has 0 saturated carbocycles. The third-order valence-corrected chi connectivity index (χ3v) is 6.67. The summed E-state index contributed by atoms with van der Waals surface area (Å²) in [6.07, 6.45) is -0.189. The third kappa shape index (κ3) is 7.75. The van der Waals surface area contributed by atoms with Gasteiger partial charge in [-0.05, 0) is 41.8 Å². The lowest BCUT2D eigenvalue weighted by Gasteiger charge is -2.09. The molecule has 0 bridgehead atoms. The third-order valence-electron chi connectivity index (χ3n) is 3.68. The van der Waals surface area contributed by atoms with Gasteiger partial charge in [-0.25, -0.2) is 4.39 Å². The molecule has 1 heterocycles. The fourth-order valence-corrected chi connectivity index (χ4v) is 4.77. The molecule has 7 heteroatoms. The van der Waals surface area contributed by atoms with Crippen LogP contribution in [0.15, 0.2) is 48.5 Å². The Labute approximate surface area is 176 Å². The van der Waals surface area contributed by atoms with Crippen molar-refractivity contribution < 1.29 is 14.2 Å². The van der Waals surface area contributed by atoms with Crippen molar-refractivity contribution in [3.05, 3.63) is 69.7 Å². The summed E-state index contributed by atoms with van der Waals surface area (Å²) >= 11 is 16.3. The second-order valence-corrected chi connectivity index (χ2v) is 9.70. The second kappa shape index (κ2) is 11.5. The van der Waals surface area contributed by atoms with E-state index in [4.69, 9.17) is 33.0 Å². The summed E-state index contributed by atoms with van der Waals surface area (Å²) in [6, 6.07) is 14.7. The summed E-state index contributed by atoms with van der Waals surface area (Å²) in [5.41, 5.74) is 1.98. The molecule has 3 unspecified atom stereocenters. The first-order valence-electron chi connectivity index (χ1n) is 8.09. The Balaban J connectivity index is 0.000000228. The number of benzene rings is 2. The Hall–Kier alpha value is -0.300. The Morgan fingerprint density at radius 2 is 1.58 bits per heavy atom. The van der Waals surface area contributed by atoms with Crippen molar-refractivity contribution in [2.45, 2.75) is 35.2 Å². The van der Waals surface area contributed by atoms with Gasteiger partial charge in [-0.2, -0.15) is 0 Å². The summed E-state index contributed by atoms with van der Waals surface area (Å²) in [4.78, 5) is 0. The number of ether oxygens (including phenoxy) is 1. The van der Waals surface area contributed by atoms with E-state index in [1.165, 1.54) is 0 Å². The van der Waals surface area contributed by atoms with Gasteiger partial charge in [-0.3, -0.25) is 0 Å². The van der Waals surface area contributed by atoms with Gasteiger partial charge in [-0.15, -0.1) is 11.8 Å². The SMILES string of the molecule is FC1CC(COCc2ccc(Cl)cc2)SC1Br.OCc1ccc(Cl)cc1. The number of aliphatic hydroxyl groups is 1. The second-order valence-electron chi connectivity index (χ2n) is 5.79. The molecule has 142 valence electrons. The zero-order chi connectivity index (χ0) is 18.9. The van der Waals surface area contributed by atoms with E-state index in [1.54, 1.807) is 36.0 Å². The van der Waals surface area contributed by atoms with Crippen LogP contribution < -0.4 is 0 Å². The highest BCUT2D eigenvalue weighted by Crippen LogP contribution is 2.39. The number of thioether (sulfide) groups is 1. The van der Waals surface area contributed by atoms with E-state index in [-0.39, 0.29) is 16.0 Å². The topological polar surface area (TPSA) is 29.5 Å². The average molecular weight is 482 g/mol. The van der Waals surface area contributed by atoms with Crippen LogP contribution in [0.1, 0.15) is 17.5 Å².